The van der Waals surface area contributed by atoms with Crippen molar-refractivity contribution in [2.75, 3.05) is 13.1 Å². The first-order valence-corrected chi connectivity index (χ1v) is 14.6. The van der Waals surface area contributed by atoms with Gasteiger partial charge in [-0.05, 0) is 114 Å². The van der Waals surface area contributed by atoms with Crippen LogP contribution in [-0.2, 0) is 17.6 Å². The van der Waals surface area contributed by atoms with Crippen molar-refractivity contribution in [3.05, 3.63) is 65.7 Å². The molecule has 186 valence electrons. The van der Waals surface area contributed by atoms with Crippen LogP contribution in [-0.4, -0.2) is 34.9 Å². The molecule has 0 spiro atoms. The summed E-state index contributed by atoms with van der Waals surface area (Å²) >= 11 is 13.9. The third kappa shape index (κ3) is 5.52. The van der Waals surface area contributed by atoms with Gasteiger partial charge in [0.1, 0.15) is 0 Å². The van der Waals surface area contributed by atoms with Gasteiger partial charge in [-0.15, -0.1) is 0 Å². The van der Waals surface area contributed by atoms with Gasteiger partial charge in [-0.25, -0.2) is 0 Å². The summed E-state index contributed by atoms with van der Waals surface area (Å²) in [6, 6.07) is 6.28. The number of carbonyl (C=O) groups excluding carboxylic acids is 1. The lowest BCUT2D eigenvalue weighted by Crippen LogP contribution is -2.41. The zero-order valence-electron chi connectivity index (χ0n) is 19.7. The molecule has 8 heteroatoms. The number of rotatable bonds is 4. The summed E-state index contributed by atoms with van der Waals surface area (Å²) < 4.78 is 2.07. The quantitative estimate of drug-likeness (QED) is 0.333. The van der Waals surface area contributed by atoms with Gasteiger partial charge in [0, 0.05) is 45.6 Å². The molecule has 1 saturated carbocycles. The number of fused-ring (bicyclic) bond motifs is 2. The van der Waals surface area contributed by atoms with E-state index in [1.165, 1.54) is 22.4 Å². The van der Waals surface area contributed by atoms with E-state index >= 15 is 0 Å². The van der Waals surface area contributed by atoms with E-state index < -0.39 is 0 Å². The molecule has 0 radical (unpaired) electrons. The Labute approximate surface area is 228 Å². The van der Waals surface area contributed by atoms with Gasteiger partial charge in [0.05, 0.1) is 11.7 Å². The van der Waals surface area contributed by atoms with Crippen molar-refractivity contribution < 1.29 is 4.79 Å². The van der Waals surface area contributed by atoms with Gasteiger partial charge < -0.3 is 4.90 Å². The van der Waals surface area contributed by atoms with Gasteiger partial charge in [-0.2, -0.15) is 4.91 Å². The van der Waals surface area contributed by atoms with E-state index in [9.17, 15) is 9.70 Å². The second kappa shape index (κ2) is 11.0. The van der Waals surface area contributed by atoms with Crippen LogP contribution in [0.5, 0.6) is 0 Å². The first-order valence-electron chi connectivity index (χ1n) is 12.6. The number of nitroso groups, excluding NO2 is 1. The number of amides is 1. The van der Waals surface area contributed by atoms with Gasteiger partial charge in [0.2, 0.25) is 5.91 Å². The normalized spacial score (nSPS) is 24.9. The molecule has 35 heavy (non-hydrogen) atoms. The Bertz CT molecular complexity index is 1110. The van der Waals surface area contributed by atoms with E-state index in [1.807, 2.05) is 12.3 Å². The third-order valence-corrected chi connectivity index (χ3v) is 9.52. The summed E-state index contributed by atoms with van der Waals surface area (Å²) in [7, 11) is 0. The number of hydrogen-bond donors (Lipinski definition) is 0. The maximum absolute atomic E-state index is 13.1. The minimum absolute atomic E-state index is 0.0501. The van der Waals surface area contributed by atoms with Crippen LogP contribution in [0.2, 0.25) is 5.02 Å². The fourth-order valence-corrected chi connectivity index (χ4v) is 7.84. The van der Waals surface area contributed by atoms with Crippen LogP contribution >= 0.6 is 43.5 Å². The molecule has 1 atom stereocenters. The van der Waals surface area contributed by atoms with Crippen molar-refractivity contribution in [1.82, 2.24) is 9.88 Å². The lowest BCUT2D eigenvalue weighted by Gasteiger charge is -2.38. The molecule has 1 saturated heterocycles. The second-order valence-electron chi connectivity index (χ2n) is 10.3. The lowest BCUT2D eigenvalue weighted by molar-refractivity contribution is -0.133. The van der Waals surface area contributed by atoms with Crippen molar-refractivity contribution in [3.8, 4) is 0 Å². The molecule has 5 nitrogen and oxygen atoms in total. The summed E-state index contributed by atoms with van der Waals surface area (Å²) in [5, 5.41) is 3.95. The minimum Gasteiger partial charge on any atom is -0.343 e. The Morgan fingerprint density at radius 1 is 1.03 bits per heavy atom. The third-order valence-electron chi connectivity index (χ3n) is 8.21. The molecule has 0 unspecified atom stereocenters. The highest BCUT2D eigenvalue weighted by molar-refractivity contribution is 9.10. The molecule has 0 N–H and O–H groups in total. The summed E-state index contributed by atoms with van der Waals surface area (Å²) in [4.78, 5) is 30.9. The predicted molar refractivity (Wildman–Crippen MR) is 146 cm³/mol. The van der Waals surface area contributed by atoms with Crippen LogP contribution in [0.15, 0.2) is 38.5 Å². The number of likely N-dealkylation sites (tertiary alicyclic amines) is 1. The minimum atomic E-state index is -0.0501. The van der Waals surface area contributed by atoms with Crippen LogP contribution in [0.4, 0.5) is 0 Å². The number of nitrogens with zero attached hydrogens (tertiary/aromatic N) is 3. The zero-order valence-corrected chi connectivity index (χ0v) is 23.6. The molecule has 2 heterocycles. The number of halogens is 3. The van der Waals surface area contributed by atoms with Crippen molar-refractivity contribution in [3.63, 3.8) is 0 Å². The van der Waals surface area contributed by atoms with E-state index in [1.54, 1.807) is 0 Å². The molecular formula is C27H30Br2ClN3O2. The predicted octanol–water partition coefficient (Wildman–Crippen LogP) is 7.44. The molecule has 2 aliphatic carbocycles. The molecule has 2 fully saturated rings. The monoisotopic (exact) mass is 621 g/mol. The number of aromatic nitrogens is 1. The average Bonchev–Trinajstić information content (AvgIpc) is 3.01. The maximum atomic E-state index is 13.1. The molecule has 3 aliphatic rings. The van der Waals surface area contributed by atoms with Crippen molar-refractivity contribution in [1.29, 1.82) is 0 Å². The molecule has 1 amide bonds. The van der Waals surface area contributed by atoms with Gasteiger partial charge in [-0.3, -0.25) is 9.78 Å². The van der Waals surface area contributed by atoms with Crippen molar-refractivity contribution >= 4 is 49.4 Å². The molecule has 1 aromatic heterocycles. The van der Waals surface area contributed by atoms with Crippen LogP contribution < -0.4 is 0 Å². The molecule has 1 aliphatic heterocycles. The summed E-state index contributed by atoms with van der Waals surface area (Å²) in [6.07, 6.45) is 9.84. The molecular weight excluding hydrogens is 594 g/mol. The summed E-state index contributed by atoms with van der Waals surface area (Å²) in [6.45, 7) is 1.58. The Morgan fingerprint density at radius 3 is 2.46 bits per heavy atom. The van der Waals surface area contributed by atoms with Crippen LogP contribution in [0, 0.1) is 16.7 Å². The van der Waals surface area contributed by atoms with Crippen molar-refractivity contribution in [2.45, 2.75) is 69.7 Å². The zero-order chi connectivity index (χ0) is 24.5. The lowest BCUT2D eigenvalue weighted by atomic mass is 9.76. The number of aryl methyl sites for hydroxylation is 2. The molecule has 5 rings (SSSR count). The molecule has 1 aromatic carbocycles. The number of pyridine rings is 1. The fourth-order valence-electron chi connectivity index (χ4n) is 6.34. The number of carbonyl (C=O) groups is 1. The van der Waals surface area contributed by atoms with E-state index in [0.717, 1.165) is 78.4 Å². The number of benzene rings is 1. The standard InChI is InChI=1S/C27H30Br2ClN3O2/c28-20-12-19-4-3-18-13-21(30)14-23(29)25(18)26(27(19)31-15-20)17-7-9-33(10-8-17)24(34)11-16-1-5-22(32-35)6-2-16/h12-17,22,26H,1-11H2/t16?,22?,26-/m1/s1. The van der Waals surface area contributed by atoms with E-state index in [-0.39, 0.29) is 17.9 Å². The highest BCUT2D eigenvalue weighted by atomic mass is 79.9. The second-order valence-corrected chi connectivity index (χ2v) is 12.5. The van der Waals surface area contributed by atoms with E-state index in [2.05, 4.69) is 54.1 Å². The van der Waals surface area contributed by atoms with Crippen LogP contribution in [0.25, 0.3) is 0 Å². The smallest absolute Gasteiger partial charge is 0.222 e. The van der Waals surface area contributed by atoms with Gasteiger partial charge in [-0.1, -0.05) is 32.7 Å². The largest absolute Gasteiger partial charge is 0.343 e. The highest BCUT2D eigenvalue weighted by Gasteiger charge is 2.36. The Morgan fingerprint density at radius 2 is 1.74 bits per heavy atom. The Kier molecular flexibility index (Phi) is 7.95. The van der Waals surface area contributed by atoms with Gasteiger partial charge in [0.15, 0.2) is 0 Å². The Hall–Kier alpha value is -1.31. The summed E-state index contributed by atoms with van der Waals surface area (Å²) in [5.41, 5.74) is 5.07. The topological polar surface area (TPSA) is 62.6 Å². The van der Waals surface area contributed by atoms with Crippen LogP contribution in [0.3, 0.4) is 0 Å². The molecule has 0 bridgehead atoms. The van der Waals surface area contributed by atoms with E-state index in [0.29, 0.717) is 18.3 Å². The fraction of sp³-hybridized carbons (Fsp3) is 0.556. The van der Waals surface area contributed by atoms with Crippen LogP contribution in [0.1, 0.15) is 73.2 Å². The van der Waals surface area contributed by atoms with Gasteiger partial charge >= 0.3 is 0 Å². The van der Waals surface area contributed by atoms with Crippen molar-refractivity contribution in [2.24, 2.45) is 17.0 Å². The molecule has 2 aromatic rings. The SMILES string of the molecule is O=NC1CCC(CC(=O)N2CCC([C@H]3c4ncc(Br)cc4CCc4cc(Cl)cc(Br)c43)CC2)CC1. The Balaban J connectivity index is 1.33. The van der Waals surface area contributed by atoms with E-state index in [4.69, 9.17) is 16.6 Å². The first kappa shape index (κ1) is 25.3. The maximum Gasteiger partial charge on any atom is 0.222 e. The van der Waals surface area contributed by atoms with Gasteiger partial charge in [0.25, 0.3) is 0 Å². The first-order chi connectivity index (χ1) is 16.9. The summed E-state index contributed by atoms with van der Waals surface area (Å²) in [5.74, 6) is 1.25. The average molecular weight is 624 g/mol. The number of piperidine rings is 1. The number of hydrogen-bond acceptors (Lipinski definition) is 4. The highest BCUT2D eigenvalue weighted by Crippen LogP contribution is 2.46.